The molecule has 96 valence electrons. The molecule has 0 atom stereocenters. The van der Waals surface area contributed by atoms with Crippen LogP contribution in [0.2, 0.25) is 0 Å². The van der Waals surface area contributed by atoms with Crippen molar-refractivity contribution < 1.29 is 23.8 Å². The molecule has 0 saturated carbocycles. The first-order chi connectivity index (χ1) is 7.78. The van der Waals surface area contributed by atoms with Crippen molar-refractivity contribution in [2.45, 2.75) is 32.2 Å². The van der Waals surface area contributed by atoms with Gasteiger partial charge in [0.2, 0.25) is 0 Å². The van der Waals surface area contributed by atoms with Gasteiger partial charge in [-0.1, -0.05) is 19.1 Å². The van der Waals surface area contributed by atoms with Crippen molar-refractivity contribution in [1.82, 2.24) is 15.0 Å². The van der Waals surface area contributed by atoms with Crippen LogP contribution in [-0.4, -0.2) is 43.7 Å². The van der Waals surface area contributed by atoms with Gasteiger partial charge < -0.3 is 10.2 Å². The van der Waals surface area contributed by atoms with E-state index >= 15 is 0 Å². The molecule has 0 radical (unpaired) electrons. The van der Waals surface area contributed by atoms with Crippen molar-refractivity contribution >= 4 is 5.97 Å². The lowest BCUT2D eigenvalue weighted by Crippen LogP contribution is -2.29. The first-order valence-corrected chi connectivity index (χ1v) is 4.94. The van der Waals surface area contributed by atoms with Gasteiger partial charge in [-0.05, 0) is 5.92 Å². The molecule has 0 unspecified atom stereocenters. The molecule has 0 aliphatic carbocycles. The molecule has 0 fully saturated rings. The third-order valence-electron chi connectivity index (χ3n) is 2.14. The Bertz CT molecular complexity index is 418. The van der Waals surface area contributed by atoms with Gasteiger partial charge in [0, 0.05) is 0 Å². The highest BCUT2D eigenvalue weighted by Crippen LogP contribution is 2.22. The molecule has 6 nitrogen and oxygen atoms in total. The van der Waals surface area contributed by atoms with Gasteiger partial charge in [-0.15, -0.1) is 5.10 Å². The van der Waals surface area contributed by atoms with Crippen LogP contribution in [-0.2, 0) is 6.54 Å². The molecular weight excluding hydrogens is 236 g/mol. The normalized spacial score (nSPS) is 12.1. The summed E-state index contributed by atoms with van der Waals surface area (Å²) in [6.07, 6.45) is 0. The van der Waals surface area contributed by atoms with Crippen LogP contribution in [0.4, 0.5) is 8.78 Å². The van der Waals surface area contributed by atoms with Crippen molar-refractivity contribution in [2.75, 3.05) is 6.61 Å². The summed E-state index contributed by atoms with van der Waals surface area (Å²) >= 11 is 0. The number of aromatic carboxylic acids is 1. The molecule has 1 aromatic rings. The van der Waals surface area contributed by atoms with E-state index in [1.165, 1.54) is 0 Å². The summed E-state index contributed by atoms with van der Waals surface area (Å²) in [4.78, 5) is 10.8. The maximum atomic E-state index is 13.0. The average molecular weight is 249 g/mol. The molecular formula is C9H13F2N3O3. The number of aliphatic hydroxyl groups is 1. The van der Waals surface area contributed by atoms with E-state index in [0.29, 0.717) is 0 Å². The molecule has 2 N–H and O–H groups in total. The SMILES string of the molecule is CC(C)c1c(C(=O)O)nnn1CC(F)(F)CO. The number of hydrogen-bond acceptors (Lipinski definition) is 4. The van der Waals surface area contributed by atoms with Gasteiger partial charge in [0.25, 0.3) is 5.92 Å². The number of carbonyl (C=O) groups is 1. The predicted octanol–water partition coefficient (Wildman–Crippen LogP) is 0.727. The van der Waals surface area contributed by atoms with Gasteiger partial charge in [-0.25, -0.2) is 18.3 Å². The average Bonchev–Trinajstić information content (AvgIpc) is 2.60. The number of nitrogens with zero attached hydrogens (tertiary/aromatic N) is 3. The van der Waals surface area contributed by atoms with E-state index in [9.17, 15) is 13.6 Å². The zero-order valence-corrected chi connectivity index (χ0v) is 9.39. The predicted molar refractivity (Wildman–Crippen MR) is 53.1 cm³/mol. The van der Waals surface area contributed by atoms with E-state index in [0.717, 1.165) is 4.68 Å². The van der Waals surface area contributed by atoms with Crippen LogP contribution in [0.5, 0.6) is 0 Å². The molecule has 0 saturated heterocycles. The van der Waals surface area contributed by atoms with E-state index in [4.69, 9.17) is 10.2 Å². The van der Waals surface area contributed by atoms with Crippen LogP contribution < -0.4 is 0 Å². The third kappa shape index (κ3) is 2.96. The second-order valence-corrected chi connectivity index (χ2v) is 3.95. The number of aromatic nitrogens is 3. The highest BCUT2D eigenvalue weighted by atomic mass is 19.3. The van der Waals surface area contributed by atoms with E-state index < -0.39 is 25.0 Å². The number of alkyl halides is 2. The fourth-order valence-electron chi connectivity index (χ4n) is 1.43. The molecule has 17 heavy (non-hydrogen) atoms. The number of hydrogen-bond donors (Lipinski definition) is 2. The van der Waals surface area contributed by atoms with Crippen LogP contribution >= 0.6 is 0 Å². The van der Waals surface area contributed by atoms with E-state index in [1.54, 1.807) is 13.8 Å². The van der Waals surface area contributed by atoms with Gasteiger partial charge in [0.15, 0.2) is 5.69 Å². The van der Waals surface area contributed by atoms with Crippen LogP contribution in [0.15, 0.2) is 0 Å². The maximum Gasteiger partial charge on any atom is 0.358 e. The third-order valence-corrected chi connectivity index (χ3v) is 2.14. The largest absolute Gasteiger partial charge is 0.476 e. The zero-order chi connectivity index (χ0) is 13.2. The molecule has 0 aliphatic rings. The number of carboxylic acid groups (broad SMARTS) is 1. The Morgan fingerprint density at radius 2 is 2.12 bits per heavy atom. The zero-order valence-electron chi connectivity index (χ0n) is 9.39. The molecule has 0 aromatic carbocycles. The number of carboxylic acids is 1. The van der Waals surface area contributed by atoms with Crippen LogP contribution in [0.1, 0.15) is 35.9 Å². The minimum absolute atomic E-state index is 0.116. The molecule has 8 heteroatoms. The van der Waals surface area contributed by atoms with Gasteiger partial charge in [-0.2, -0.15) is 0 Å². The summed E-state index contributed by atoms with van der Waals surface area (Å²) in [6, 6.07) is 0. The summed E-state index contributed by atoms with van der Waals surface area (Å²) in [6.45, 7) is 1.08. The minimum atomic E-state index is -3.35. The van der Waals surface area contributed by atoms with Crippen molar-refractivity contribution in [1.29, 1.82) is 0 Å². The summed E-state index contributed by atoms with van der Waals surface area (Å²) in [5.74, 6) is -4.98. The lowest BCUT2D eigenvalue weighted by molar-refractivity contribution is -0.0661. The number of rotatable bonds is 5. The Morgan fingerprint density at radius 1 is 1.53 bits per heavy atom. The summed E-state index contributed by atoms with van der Waals surface area (Å²) in [5.41, 5.74) is -0.223. The van der Waals surface area contributed by atoms with Crippen molar-refractivity contribution in [3.8, 4) is 0 Å². The van der Waals surface area contributed by atoms with Crippen molar-refractivity contribution in [2.24, 2.45) is 0 Å². The fraction of sp³-hybridized carbons (Fsp3) is 0.667. The second-order valence-electron chi connectivity index (χ2n) is 3.95. The highest BCUT2D eigenvalue weighted by Gasteiger charge is 2.32. The summed E-state index contributed by atoms with van der Waals surface area (Å²) < 4.78 is 26.8. The molecule has 0 spiro atoms. The molecule has 0 bridgehead atoms. The minimum Gasteiger partial charge on any atom is -0.476 e. The smallest absolute Gasteiger partial charge is 0.358 e. The number of aliphatic hydroxyl groups excluding tert-OH is 1. The van der Waals surface area contributed by atoms with Gasteiger partial charge >= 0.3 is 5.97 Å². The quantitative estimate of drug-likeness (QED) is 0.803. The first kappa shape index (κ1) is 13.5. The fourth-order valence-corrected chi connectivity index (χ4v) is 1.43. The van der Waals surface area contributed by atoms with E-state index in [2.05, 4.69) is 10.3 Å². The van der Waals surface area contributed by atoms with E-state index in [-0.39, 0.29) is 17.3 Å². The lowest BCUT2D eigenvalue weighted by Gasteiger charge is -2.15. The standard InChI is InChI=1S/C9H13F2N3O3/c1-5(2)7-6(8(16)17)12-13-14(7)3-9(10,11)4-15/h5,15H,3-4H2,1-2H3,(H,16,17). The molecule has 1 aromatic heterocycles. The van der Waals surface area contributed by atoms with Crippen molar-refractivity contribution in [3.05, 3.63) is 11.4 Å². The Hall–Kier alpha value is -1.57. The second kappa shape index (κ2) is 4.74. The van der Waals surface area contributed by atoms with E-state index in [1.807, 2.05) is 0 Å². The Balaban J connectivity index is 3.13. The Kier molecular flexibility index (Phi) is 3.76. The van der Waals surface area contributed by atoms with Crippen LogP contribution in [0, 0.1) is 0 Å². The van der Waals surface area contributed by atoms with Gasteiger partial charge in [0.05, 0.1) is 5.69 Å². The topological polar surface area (TPSA) is 88.2 Å². The molecule has 0 amide bonds. The monoisotopic (exact) mass is 249 g/mol. The van der Waals surface area contributed by atoms with Crippen LogP contribution in [0.3, 0.4) is 0 Å². The molecule has 0 aliphatic heterocycles. The van der Waals surface area contributed by atoms with Gasteiger partial charge in [0.1, 0.15) is 13.2 Å². The lowest BCUT2D eigenvalue weighted by atomic mass is 10.1. The van der Waals surface area contributed by atoms with Gasteiger partial charge in [-0.3, -0.25) is 0 Å². The molecule has 1 rings (SSSR count). The first-order valence-electron chi connectivity index (χ1n) is 4.94. The van der Waals surface area contributed by atoms with Crippen molar-refractivity contribution in [3.63, 3.8) is 0 Å². The number of halogens is 2. The summed E-state index contributed by atoms with van der Waals surface area (Å²) in [5, 5.41) is 24.0. The maximum absolute atomic E-state index is 13.0. The van der Waals surface area contributed by atoms with Crippen LogP contribution in [0.25, 0.3) is 0 Å². The highest BCUT2D eigenvalue weighted by molar-refractivity contribution is 5.86. The Morgan fingerprint density at radius 3 is 2.53 bits per heavy atom. The molecule has 1 heterocycles. The summed E-state index contributed by atoms with van der Waals surface area (Å²) in [7, 11) is 0. The Labute approximate surface area is 95.9 Å².